The average Bonchev–Trinajstić information content (AvgIpc) is 2.82. The fourth-order valence-electron chi connectivity index (χ4n) is 4.70. The van der Waals surface area contributed by atoms with E-state index in [1.807, 2.05) is 18.2 Å². The summed E-state index contributed by atoms with van der Waals surface area (Å²) >= 11 is 0. The molecule has 3 atom stereocenters. The number of carbonyl (C=O) groups excluding carboxylic acids is 1. The zero-order valence-corrected chi connectivity index (χ0v) is 18.9. The van der Waals surface area contributed by atoms with E-state index in [0.29, 0.717) is 11.8 Å². The first-order valence-corrected chi connectivity index (χ1v) is 15.9. The predicted octanol–water partition coefficient (Wildman–Crippen LogP) is 5.20. The van der Waals surface area contributed by atoms with Crippen LogP contribution in [-0.2, 0) is 19.1 Å². The summed E-state index contributed by atoms with van der Waals surface area (Å²) in [5.74, 6) is 0.923. The monoisotopic (exact) mass is 378 g/mol. The van der Waals surface area contributed by atoms with Gasteiger partial charge in [-0.25, -0.2) is 0 Å². The van der Waals surface area contributed by atoms with Crippen LogP contribution in [0.15, 0.2) is 30.3 Å². The van der Waals surface area contributed by atoms with Crippen molar-refractivity contribution in [2.45, 2.75) is 64.0 Å². The molecule has 5 heteroatoms. The second-order valence-corrected chi connectivity index (χ2v) is 18.2. The van der Waals surface area contributed by atoms with Gasteiger partial charge in [0, 0.05) is 0 Å². The summed E-state index contributed by atoms with van der Waals surface area (Å²) in [6.07, 6.45) is 1.74. The van der Waals surface area contributed by atoms with Crippen molar-refractivity contribution in [3.8, 4) is 0 Å². The Balaban J connectivity index is 2.26. The lowest BCUT2D eigenvalue weighted by Gasteiger charge is -2.34. The zero-order chi connectivity index (χ0) is 18.9. The predicted molar refractivity (Wildman–Crippen MR) is 109 cm³/mol. The molecule has 1 aliphatic carbocycles. The van der Waals surface area contributed by atoms with Crippen LogP contribution < -0.4 is 0 Å². The van der Waals surface area contributed by atoms with E-state index in [2.05, 4.69) is 51.8 Å². The molecular formula is C20H34O3Si2. The molecule has 0 spiro atoms. The number of methoxy groups -OCH3 is 1. The van der Waals surface area contributed by atoms with Crippen LogP contribution in [0.3, 0.4) is 0 Å². The molecular weight excluding hydrogens is 344 g/mol. The summed E-state index contributed by atoms with van der Waals surface area (Å²) in [6, 6.07) is 11.3. The van der Waals surface area contributed by atoms with Gasteiger partial charge in [-0.05, 0) is 69.0 Å². The van der Waals surface area contributed by atoms with Crippen molar-refractivity contribution in [2.75, 3.05) is 7.11 Å². The summed E-state index contributed by atoms with van der Waals surface area (Å²) in [7, 11) is -1.78. The van der Waals surface area contributed by atoms with E-state index in [-0.39, 0.29) is 5.97 Å². The Morgan fingerprint density at radius 1 is 1.12 bits per heavy atom. The first kappa shape index (κ1) is 20.4. The third-order valence-electron chi connectivity index (χ3n) is 5.32. The van der Waals surface area contributed by atoms with Gasteiger partial charge >= 0.3 is 5.97 Å². The van der Waals surface area contributed by atoms with Gasteiger partial charge in [-0.15, -0.1) is 0 Å². The maximum Gasteiger partial charge on any atom is 0.316 e. The van der Waals surface area contributed by atoms with Crippen molar-refractivity contribution >= 4 is 22.6 Å². The Labute approximate surface area is 155 Å². The van der Waals surface area contributed by atoms with Crippen LogP contribution in [0.1, 0.15) is 25.3 Å². The van der Waals surface area contributed by atoms with Gasteiger partial charge in [-0.1, -0.05) is 37.3 Å². The quantitative estimate of drug-likeness (QED) is 0.504. The standard InChI is InChI=1S/C20H34O3Si2/c1-16-13-20(19(21)22-2,18-11-9-8-10-12-18)14-17(16)15-25(6,7)23-24(3,4)5/h8-12,16-17H,13-15H2,1-7H3/t16-,17+,20?/m0/s1. The van der Waals surface area contributed by atoms with Gasteiger partial charge in [-0.3, -0.25) is 4.79 Å². The Morgan fingerprint density at radius 3 is 2.24 bits per heavy atom. The molecule has 1 saturated carbocycles. The summed E-state index contributed by atoms with van der Waals surface area (Å²) < 4.78 is 11.8. The molecule has 0 heterocycles. The van der Waals surface area contributed by atoms with Gasteiger partial charge in [0.15, 0.2) is 16.6 Å². The van der Waals surface area contributed by atoms with Gasteiger partial charge < -0.3 is 8.85 Å². The molecule has 1 aromatic rings. The van der Waals surface area contributed by atoms with E-state index in [1.165, 1.54) is 7.11 Å². The van der Waals surface area contributed by atoms with Crippen molar-refractivity contribution in [3.63, 3.8) is 0 Å². The number of hydrogen-bond acceptors (Lipinski definition) is 3. The van der Waals surface area contributed by atoms with Gasteiger partial charge in [0.05, 0.1) is 12.5 Å². The molecule has 2 rings (SSSR count). The number of ether oxygens (including phenoxy) is 1. The topological polar surface area (TPSA) is 35.5 Å². The molecule has 1 fully saturated rings. The molecule has 1 aliphatic rings. The summed E-state index contributed by atoms with van der Waals surface area (Å²) in [6.45, 7) is 13.8. The van der Waals surface area contributed by atoms with Gasteiger partial charge in [-0.2, -0.15) is 0 Å². The number of hydrogen-bond donors (Lipinski definition) is 0. The fraction of sp³-hybridized carbons (Fsp3) is 0.650. The highest BCUT2D eigenvalue weighted by atomic mass is 28.4. The summed E-state index contributed by atoms with van der Waals surface area (Å²) in [5, 5.41) is 0. The Hall–Kier alpha value is -0.916. The highest BCUT2D eigenvalue weighted by molar-refractivity contribution is 6.84. The molecule has 0 N–H and O–H groups in total. The van der Waals surface area contributed by atoms with Gasteiger partial charge in [0.25, 0.3) is 0 Å². The number of rotatable bonds is 6. The third kappa shape index (κ3) is 4.83. The van der Waals surface area contributed by atoms with E-state index in [1.54, 1.807) is 0 Å². The SMILES string of the molecule is COC(=O)C1(c2ccccc2)C[C@H](C[Si](C)(C)O[Si](C)(C)C)[C@@H](C)C1. The highest BCUT2D eigenvalue weighted by Crippen LogP contribution is 2.50. The molecule has 0 aliphatic heterocycles. The number of carbonyl (C=O) groups is 1. The van der Waals surface area contributed by atoms with Crippen molar-refractivity contribution < 1.29 is 13.6 Å². The van der Waals surface area contributed by atoms with Crippen molar-refractivity contribution in [3.05, 3.63) is 35.9 Å². The van der Waals surface area contributed by atoms with Crippen LogP contribution in [0.2, 0.25) is 38.8 Å². The van der Waals surface area contributed by atoms with Crippen LogP contribution in [-0.4, -0.2) is 29.7 Å². The van der Waals surface area contributed by atoms with E-state index in [9.17, 15) is 4.79 Å². The minimum Gasteiger partial charge on any atom is -0.468 e. The second kappa shape index (κ2) is 7.37. The maximum atomic E-state index is 12.8. The Kier molecular flexibility index (Phi) is 6.01. The van der Waals surface area contributed by atoms with E-state index >= 15 is 0 Å². The van der Waals surface area contributed by atoms with Crippen LogP contribution in [0.5, 0.6) is 0 Å². The maximum absolute atomic E-state index is 12.8. The number of benzene rings is 1. The Morgan fingerprint density at radius 2 is 1.72 bits per heavy atom. The lowest BCUT2D eigenvalue weighted by molar-refractivity contribution is -0.147. The van der Waals surface area contributed by atoms with Gasteiger partial charge in [0.1, 0.15) is 0 Å². The molecule has 25 heavy (non-hydrogen) atoms. The van der Waals surface area contributed by atoms with E-state index in [4.69, 9.17) is 8.85 Å². The molecule has 0 saturated heterocycles. The van der Waals surface area contributed by atoms with Crippen LogP contribution in [0.25, 0.3) is 0 Å². The molecule has 140 valence electrons. The lowest BCUT2D eigenvalue weighted by Crippen LogP contribution is -2.43. The fourth-order valence-corrected chi connectivity index (χ4v) is 13.5. The Bertz CT molecular complexity index is 595. The second-order valence-electron chi connectivity index (χ2n) is 9.26. The smallest absolute Gasteiger partial charge is 0.316 e. The molecule has 1 unspecified atom stereocenters. The van der Waals surface area contributed by atoms with Crippen molar-refractivity contribution in [1.29, 1.82) is 0 Å². The molecule has 3 nitrogen and oxygen atoms in total. The molecule has 0 amide bonds. The first-order chi connectivity index (χ1) is 11.5. The van der Waals surface area contributed by atoms with E-state index < -0.39 is 22.0 Å². The van der Waals surface area contributed by atoms with Gasteiger partial charge in [0.2, 0.25) is 0 Å². The first-order valence-electron chi connectivity index (χ1n) is 9.33. The molecule has 1 aromatic carbocycles. The molecule has 0 radical (unpaired) electrons. The van der Waals surface area contributed by atoms with Crippen LogP contribution in [0.4, 0.5) is 0 Å². The average molecular weight is 379 g/mol. The highest BCUT2D eigenvalue weighted by Gasteiger charge is 2.52. The van der Waals surface area contributed by atoms with Crippen molar-refractivity contribution in [1.82, 2.24) is 0 Å². The summed E-state index contributed by atoms with van der Waals surface area (Å²) in [4.78, 5) is 12.8. The normalized spacial score (nSPS) is 27.3. The number of esters is 1. The molecule has 0 aromatic heterocycles. The third-order valence-corrected chi connectivity index (χ3v) is 11.5. The minimum atomic E-state index is -1.74. The van der Waals surface area contributed by atoms with Crippen LogP contribution >= 0.6 is 0 Å². The van der Waals surface area contributed by atoms with E-state index in [0.717, 1.165) is 24.4 Å². The molecule has 0 bridgehead atoms. The zero-order valence-electron chi connectivity index (χ0n) is 16.9. The summed E-state index contributed by atoms with van der Waals surface area (Å²) in [5.41, 5.74) is 0.603. The van der Waals surface area contributed by atoms with Crippen molar-refractivity contribution in [2.24, 2.45) is 11.8 Å². The largest absolute Gasteiger partial charge is 0.468 e. The minimum absolute atomic E-state index is 0.0846. The lowest BCUT2D eigenvalue weighted by atomic mass is 9.78. The van der Waals surface area contributed by atoms with Crippen LogP contribution in [0, 0.1) is 11.8 Å².